The minimum absolute atomic E-state index is 0.131. The van der Waals surface area contributed by atoms with Crippen LogP contribution in [-0.4, -0.2) is 21.9 Å². The number of hydrogen-bond acceptors (Lipinski definition) is 2. The van der Waals surface area contributed by atoms with Crippen LogP contribution >= 0.6 is 15.9 Å². The van der Waals surface area contributed by atoms with Crippen LogP contribution in [-0.2, 0) is 0 Å². The first-order valence-corrected chi connectivity index (χ1v) is 7.22. The van der Waals surface area contributed by atoms with Crippen molar-refractivity contribution < 1.29 is 9.90 Å². The van der Waals surface area contributed by atoms with Crippen molar-refractivity contribution in [2.75, 3.05) is 5.33 Å². The molecule has 1 atom stereocenters. The summed E-state index contributed by atoms with van der Waals surface area (Å²) in [6, 6.07) is 5.00. The number of phenolic OH excluding ortho intramolecular Hbond substituents is 1. The lowest BCUT2D eigenvalue weighted by Crippen LogP contribution is -2.46. The molecule has 0 radical (unpaired) electrons. The molecule has 1 aromatic carbocycles. The van der Waals surface area contributed by atoms with E-state index in [2.05, 4.69) is 28.2 Å². The van der Waals surface area contributed by atoms with E-state index in [1.54, 1.807) is 25.1 Å². The molecule has 18 heavy (non-hydrogen) atoms. The standard InChI is InChI=1S/C14H20BrNO2/c1-4-14(3,8-9-15)16-13(18)11-6-5-7-12(17)10(11)2/h5-7,17H,4,8-9H2,1-3H3,(H,16,18). The Balaban J connectivity index is 2.91. The fourth-order valence-corrected chi connectivity index (χ4v) is 2.62. The van der Waals surface area contributed by atoms with Crippen molar-refractivity contribution in [1.29, 1.82) is 0 Å². The van der Waals surface area contributed by atoms with Gasteiger partial charge in [-0.2, -0.15) is 0 Å². The third-order valence-electron chi connectivity index (χ3n) is 3.39. The summed E-state index contributed by atoms with van der Waals surface area (Å²) in [5.74, 6) is 0.0232. The fraction of sp³-hybridized carbons (Fsp3) is 0.500. The summed E-state index contributed by atoms with van der Waals surface area (Å²) < 4.78 is 0. The Morgan fingerprint density at radius 3 is 2.72 bits per heavy atom. The van der Waals surface area contributed by atoms with E-state index in [-0.39, 0.29) is 17.2 Å². The van der Waals surface area contributed by atoms with Gasteiger partial charge in [0.05, 0.1) is 0 Å². The number of carbonyl (C=O) groups excluding carboxylic acids is 1. The van der Waals surface area contributed by atoms with Gasteiger partial charge in [0.1, 0.15) is 5.75 Å². The van der Waals surface area contributed by atoms with Crippen molar-refractivity contribution in [1.82, 2.24) is 5.32 Å². The van der Waals surface area contributed by atoms with E-state index >= 15 is 0 Å². The van der Waals surface area contributed by atoms with Gasteiger partial charge in [-0.1, -0.05) is 28.9 Å². The van der Waals surface area contributed by atoms with E-state index in [1.807, 2.05) is 6.92 Å². The van der Waals surface area contributed by atoms with Gasteiger partial charge in [-0.05, 0) is 38.8 Å². The number of carbonyl (C=O) groups is 1. The van der Waals surface area contributed by atoms with Gasteiger partial charge < -0.3 is 10.4 Å². The third-order valence-corrected chi connectivity index (χ3v) is 3.79. The average molecular weight is 314 g/mol. The number of phenols is 1. The highest BCUT2D eigenvalue weighted by Crippen LogP contribution is 2.22. The molecule has 3 nitrogen and oxygen atoms in total. The molecule has 0 bridgehead atoms. The van der Waals surface area contributed by atoms with Crippen LogP contribution in [0.5, 0.6) is 5.75 Å². The van der Waals surface area contributed by atoms with Gasteiger partial charge in [0.25, 0.3) is 5.91 Å². The number of halogens is 1. The zero-order valence-electron chi connectivity index (χ0n) is 11.1. The number of nitrogens with one attached hydrogen (secondary N) is 1. The van der Waals surface area contributed by atoms with E-state index in [1.165, 1.54) is 0 Å². The Kier molecular flexibility index (Phi) is 5.20. The molecule has 0 aliphatic rings. The average Bonchev–Trinajstić information content (AvgIpc) is 2.32. The SMILES string of the molecule is CCC(C)(CCBr)NC(=O)c1cccc(O)c1C. The van der Waals surface area contributed by atoms with Crippen molar-refractivity contribution in [3.05, 3.63) is 29.3 Å². The first kappa shape index (κ1) is 15.0. The summed E-state index contributed by atoms with van der Waals surface area (Å²) in [7, 11) is 0. The van der Waals surface area contributed by atoms with Gasteiger partial charge in [0.15, 0.2) is 0 Å². The largest absolute Gasteiger partial charge is 0.508 e. The maximum absolute atomic E-state index is 12.2. The van der Waals surface area contributed by atoms with Crippen LogP contribution in [0.1, 0.15) is 42.6 Å². The van der Waals surface area contributed by atoms with E-state index < -0.39 is 0 Å². The van der Waals surface area contributed by atoms with Crippen LogP contribution in [0.25, 0.3) is 0 Å². The number of alkyl halides is 1. The second-order valence-corrected chi connectivity index (χ2v) is 5.55. The molecule has 0 spiro atoms. The Morgan fingerprint density at radius 2 is 2.17 bits per heavy atom. The molecule has 0 aliphatic carbocycles. The summed E-state index contributed by atoms with van der Waals surface area (Å²) in [5, 5.41) is 13.5. The lowest BCUT2D eigenvalue weighted by molar-refractivity contribution is 0.0900. The highest BCUT2D eigenvalue weighted by atomic mass is 79.9. The van der Waals surface area contributed by atoms with Crippen LogP contribution in [0.3, 0.4) is 0 Å². The molecule has 100 valence electrons. The maximum atomic E-state index is 12.2. The van der Waals surface area contributed by atoms with Gasteiger partial charge in [0, 0.05) is 22.0 Å². The quantitative estimate of drug-likeness (QED) is 0.819. The summed E-state index contributed by atoms with van der Waals surface area (Å²) in [6.07, 6.45) is 1.73. The predicted molar refractivity (Wildman–Crippen MR) is 77.4 cm³/mol. The number of amides is 1. The zero-order chi connectivity index (χ0) is 13.8. The summed E-state index contributed by atoms with van der Waals surface area (Å²) in [6.45, 7) is 5.83. The first-order valence-electron chi connectivity index (χ1n) is 6.10. The zero-order valence-corrected chi connectivity index (χ0v) is 12.7. The topological polar surface area (TPSA) is 49.3 Å². The predicted octanol–water partition coefficient (Wildman–Crippen LogP) is 3.38. The molecule has 4 heteroatoms. The highest BCUT2D eigenvalue weighted by Gasteiger charge is 2.24. The van der Waals surface area contributed by atoms with Gasteiger partial charge in [0.2, 0.25) is 0 Å². The number of hydrogen-bond donors (Lipinski definition) is 2. The Bertz CT molecular complexity index is 434. The first-order chi connectivity index (χ1) is 8.43. The van der Waals surface area contributed by atoms with E-state index in [4.69, 9.17) is 0 Å². The van der Waals surface area contributed by atoms with Crippen molar-refractivity contribution >= 4 is 21.8 Å². The van der Waals surface area contributed by atoms with Crippen LogP contribution < -0.4 is 5.32 Å². The molecule has 1 unspecified atom stereocenters. The van der Waals surface area contributed by atoms with Crippen LogP contribution in [0, 0.1) is 6.92 Å². The Labute approximate surface area is 117 Å². The molecule has 0 saturated carbocycles. The molecular weight excluding hydrogens is 294 g/mol. The molecular formula is C14H20BrNO2. The van der Waals surface area contributed by atoms with Crippen molar-refractivity contribution in [3.8, 4) is 5.75 Å². The summed E-state index contributed by atoms with van der Waals surface area (Å²) in [4.78, 5) is 12.2. The van der Waals surface area contributed by atoms with Crippen LogP contribution in [0.2, 0.25) is 0 Å². The van der Waals surface area contributed by atoms with E-state index in [9.17, 15) is 9.90 Å². The number of benzene rings is 1. The molecule has 1 rings (SSSR count). The number of aromatic hydroxyl groups is 1. The van der Waals surface area contributed by atoms with Gasteiger partial charge in [-0.25, -0.2) is 0 Å². The van der Waals surface area contributed by atoms with E-state index in [0.29, 0.717) is 11.1 Å². The maximum Gasteiger partial charge on any atom is 0.252 e. The lowest BCUT2D eigenvalue weighted by atomic mass is 9.94. The van der Waals surface area contributed by atoms with Crippen molar-refractivity contribution in [3.63, 3.8) is 0 Å². The Morgan fingerprint density at radius 1 is 1.50 bits per heavy atom. The van der Waals surface area contributed by atoms with Crippen LogP contribution in [0.15, 0.2) is 18.2 Å². The molecule has 2 N–H and O–H groups in total. The molecule has 0 aliphatic heterocycles. The smallest absolute Gasteiger partial charge is 0.252 e. The Hall–Kier alpha value is -1.03. The molecule has 1 aromatic rings. The number of rotatable bonds is 5. The second-order valence-electron chi connectivity index (χ2n) is 4.76. The van der Waals surface area contributed by atoms with Gasteiger partial charge in [-0.15, -0.1) is 0 Å². The highest BCUT2D eigenvalue weighted by molar-refractivity contribution is 9.09. The second kappa shape index (κ2) is 6.23. The third kappa shape index (κ3) is 3.48. The minimum atomic E-state index is -0.224. The van der Waals surface area contributed by atoms with E-state index in [0.717, 1.165) is 18.2 Å². The van der Waals surface area contributed by atoms with Crippen molar-refractivity contribution in [2.24, 2.45) is 0 Å². The molecule has 0 aromatic heterocycles. The summed E-state index contributed by atoms with van der Waals surface area (Å²) >= 11 is 3.41. The molecule has 0 saturated heterocycles. The van der Waals surface area contributed by atoms with Crippen molar-refractivity contribution in [2.45, 2.75) is 39.2 Å². The molecule has 0 fully saturated rings. The molecule has 1 amide bonds. The fourth-order valence-electron chi connectivity index (χ4n) is 1.75. The summed E-state index contributed by atoms with van der Waals surface area (Å²) in [5.41, 5.74) is 0.926. The van der Waals surface area contributed by atoms with Crippen LogP contribution in [0.4, 0.5) is 0 Å². The van der Waals surface area contributed by atoms with Gasteiger partial charge in [-0.3, -0.25) is 4.79 Å². The minimum Gasteiger partial charge on any atom is -0.508 e. The van der Waals surface area contributed by atoms with Gasteiger partial charge >= 0.3 is 0 Å². The monoisotopic (exact) mass is 313 g/mol. The normalized spacial score (nSPS) is 14.0. The molecule has 0 heterocycles. The lowest BCUT2D eigenvalue weighted by Gasteiger charge is -2.29.